The van der Waals surface area contributed by atoms with Crippen LogP contribution in [0.4, 0.5) is 0 Å². The second kappa shape index (κ2) is 3.78. The molecule has 0 amide bonds. The van der Waals surface area contributed by atoms with Gasteiger partial charge in [0.25, 0.3) is 0 Å². The van der Waals surface area contributed by atoms with Crippen LogP contribution in [0.15, 0.2) is 45.8 Å². The van der Waals surface area contributed by atoms with Crippen LogP contribution in [-0.4, -0.2) is 13.1 Å². The number of allylic oxidation sites excluding steroid dienone is 6. The molecule has 1 fully saturated rings. The van der Waals surface area contributed by atoms with Crippen molar-refractivity contribution in [2.24, 2.45) is 5.92 Å². The third-order valence-corrected chi connectivity index (χ3v) is 4.73. The molecule has 18 heavy (non-hydrogen) atoms. The number of nitrogens with one attached hydrogen (secondary N) is 2. The molecule has 2 nitrogen and oxygen atoms in total. The van der Waals surface area contributed by atoms with Crippen LogP contribution in [0.3, 0.4) is 0 Å². The maximum absolute atomic E-state index is 3.60. The van der Waals surface area contributed by atoms with E-state index in [0.717, 1.165) is 25.4 Å². The lowest BCUT2D eigenvalue weighted by Gasteiger charge is -2.32. The smallest absolute Gasteiger partial charge is 0.0366 e. The molecule has 4 rings (SSSR count). The van der Waals surface area contributed by atoms with Crippen LogP contribution in [0, 0.1) is 5.92 Å². The summed E-state index contributed by atoms with van der Waals surface area (Å²) in [6, 6.07) is 0. The topological polar surface area (TPSA) is 24.1 Å². The largest absolute Gasteiger partial charge is 0.385 e. The second-order valence-electron chi connectivity index (χ2n) is 5.72. The maximum Gasteiger partial charge on any atom is 0.0366 e. The lowest BCUT2D eigenvalue weighted by atomic mass is 9.75. The summed E-state index contributed by atoms with van der Waals surface area (Å²) in [4.78, 5) is 0. The van der Waals surface area contributed by atoms with E-state index in [1.165, 1.54) is 30.7 Å². The lowest BCUT2D eigenvalue weighted by molar-refractivity contribution is 0.602. The van der Waals surface area contributed by atoms with Gasteiger partial charge in [0.15, 0.2) is 0 Å². The Morgan fingerprint density at radius 2 is 2.28 bits per heavy atom. The number of fused-ring (bicyclic) bond motifs is 1. The van der Waals surface area contributed by atoms with Crippen LogP contribution in [0.2, 0.25) is 0 Å². The second-order valence-corrected chi connectivity index (χ2v) is 5.72. The molecule has 2 heteroatoms. The van der Waals surface area contributed by atoms with Crippen LogP contribution in [-0.2, 0) is 0 Å². The lowest BCUT2D eigenvalue weighted by Crippen LogP contribution is -2.27. The standard InChI is InChI=1S/C16H20N2/c1-2-12-7-14-10(8-17-12)6-11-9-18-15-5-3-4-13(14)16(11)15/h5,7,11,17-18H,2-4,6,8-9H2,1H3. The van der Waals surface area contributed by atoms with Crippen molar-refractivity contribution in [3.8, 4) is 0 Å². The summed E-state index contributed by atoms with van der Waals surface area (Å²) in [6.07, 6.45) is 9.62. The fraction of sp³-hybridized carbons (Fsp3) is 0.500. The first-order valence-corrected chi connectivity index (χ1v) is 7.21. The molecule has 0 spiro atoms. The third kappa shape index (κ3) is 1.35. The minimum absolute atomic E-state index is 0.740. The fourth-order valence-electron chi connectivity index (χ4n) is 3.84. The predicted molar refractivity (Wildman–Crippen MR) is 73.9 cm³/mol. The highest BCUT2D eigenvalue weighted by Gasteiger charge is 2.36. The Balaban J connectivity index is 1.85. The van der Waals surface area contributed by atoms with E-state index in [4.69, 9.17) is 0 Å². The first-order valence-electron chi connectivity index (χ1n) is 7.21. The van der Waals surface area contributed by atoms with Gasteiger partial charge in [-0.15, -0.1) is 0 Å². The van der Waals surface area contributed by atoms with Crippen molar-refractivity contribution in [2.75, 3.05) is 13.1 Å². The molecule has 1 atom stereocenters. The Bertz CT molecular complexity index is 531. The van der Waals surface area contributed by atoms with Crippen molar-refractivity contribution in [3.63, 3.8) is 0 Å². The molecule has 0 radical (unpaired) electrons. The van der Waals surface area contributed by atoms with Crippen molar-refractivity contribution in [1.82, 2.24) is 10.6 Å². The molecule has 2 aliphatic heterocycles. The minimum atomic E-state index is 0.740. The number of rotatable bonds is 1. The molecular formula is C16H20N2. The molecule has 0 aromatic heterocycles. The van der Waals surface area contributed by atoms with Gasteiger partial charge >= 0.3 is 0 Å². The van der Waals surface area contributed by atoms with Crippen molar-refractivity contribution in [1.29, 1.82) is 0 Å². The monoisotopic (exact) mass is 240 g/mol. The number of dihydropyridines is 1. The van der Waals surface area contributed by atoms with E-state index >= 15 is 0 Å². The summed E-state index contributed by atoms with van der Waals surface area (Å²) in [7, 11) is 0. The Morgan fingerprint density at radius 3 is 3.17 bits per heavy atom. The van der Waals surface area contributed by atoms with Gasteiger partial charge in [-0.1, -0.05) is 13.0 Å². The third-order valence-electron chi connectivity index (χ3n) is 4.73. The Hall–Kier alpha value is -1.44. The van der Waals surface area contributed by atoms with E-state index in [2.05, 4.69) is 29.7 Å². The van der Waals surface area contributed by atoms with Gasteiger partial charge in [-0.05, 0) is 54.1 Å². The first kappa shape index (κ1) is 10.5. The van der Waals surface area contributed by atoms with E-state index in [9.17, 15) is 0 Å². The Morgan fingerprint density at radius 1 is 1.33 bits per heavy atom. The highest BCUT2D eigenvalue weighted by molar-refractivity contribution is 5.60. The molecule has 4 aliphatic rings. The van der Waals surface area contributed by atoms with Crippen molar-refractivity contribution in [2.45, 2.75) is 32.6 Å². The average molecular weight is 240 g/mol. The molecule has 1 saturated heterocycles. The summed E-state index contributed by atoms with van der Waals surface area (Å²) in [6.45, 7) is 4.45. The number of hydrogen-bond acceptors (Lipinski definition) is 2. The normalized spacial score (nSPS) is 29.1. The molecule has 2 aliphatic carbocycles. The maximum atomic E-state index is 3.60. The molecule has 2 N–H and O–H groups in total. The van der Waals surface area contributed by atoms with Gasteiger partial charge in [0.1, 0.15) is 0 Å². The highest BCUT2D eigenvalue weighted by Crippen LogP contribution is 2.45. The van der Waals surface area contributed by atoms with Gasteiger partial charge in [0.2, 0.25) is 0 Å². The Kier molecular flexibility index (Phi) is 2.20. The summed E-state index contributed by atoms with van der Waals surface area (Å²) in [5.74, 6) is 0.740. The van der Waals surface area contributed by atoms with Gasteiger partial charge in [-0.25, -0.2) is 0 Å². The van der Waals surface area contributed by atoms with Gasteiger partial charge in [-0.2, -0.15) is 0 Å². The highest BCUT2D eigenvalue weighted by atomic mass is 14.9. The fourth-order valence-corrected chi connectivity index (χ4v) is 3.84. The quantitative estimate of drug-likeness (QED) is 0.736. The van der Waals surface area contributed by atoms with E-state index in [1.54, 1.807) is 22.3 Å². The molecule has 94 valence electrons. The molecule has 2 heterocycles. The van der Waals surface area contributed by atoms with Crippen LogP contribution in [0.25, 0.3) is 0 Å². The average Bonchev–Trinajstić information content (AvgIpc) is 2.83. The summed E-state index contributed by atoms with van der Waals surface area (Å²) in [5, 5.41) is 7.17. The first-order chi connectivity index (χ1) is 8.86. The predicted octanol–water partition coefficient (Wildman–Crippen LogP) is 2.78. The van der Waals surface area contributed by atoms with Gasteiger partial charge < -0.3 is 10.6 Å². The van der Waals surface area contributed by atoms with E-state index in [1.807, 2.05) is 0 Å². The molecule has 0 saturated carbocycles. The summed E-state index contributed by atoms with van der Waals surface area (Å²) < 4.78 is 0. The molecular weight excluding hydrogens is 220 g/mol. The molecule has 0 bridgehead atoms. The molecule has 1 unspecified atom stereocenters. The summed E-state index contributed by atoms with van der Waals surface area (Å²) >= 11 is 0. The molecule has 0 aromatic rings. The minimum Gasteiger partial charge on any atom is -0.385 e. The van der Waals surface area contributed by atoms with Crippen molar-refractivity contribution < 1.29 is 0 Å². The number of hydrogen-bond donors (Lipinski definition) is 2. The van der Waals surface area contributed by atoms with Gasteiger partial charge in [-0.3, -0.25) is 0 Å². The van der Waals surface area contributed by atoms with E-state index in [0.29, 0.717) is 0 Å². The van der Waals surface area contributed by atoms with Crippen LogP contribution in [0.1, 0.15) is 32.6 Å². The zero-order valence-electron chi connectivity index (χ0n) is 11.0. The zero-order valence-corrected chi connectivity index (χ0v) is 11.0. The van der Waals surface area contributed by atoms with Crippen LogP contribution in [0.5, 0.6) is 0 Å². The summed E-state index contributed by atoms with van der Waals surface area (Å²) in [5.41, 5.74) is 9.36. The zero-order chi connectivity index (χ0) is 12.1. The van der Waals surface area contributed by atoms with Crippen LogP contribution < -0.4 is 10.6 Å². The van der Waals surface area contributed by atoms with Crippen molar-refractivity contribution >= 4 is 0 Å². The SMILES string of the molecule is CCC1=CC2=C(CN1)CC1CNC3=CCCC2=C31. The van der Waals surface area contributed by atoms with Crippen molar-refractivity contribution in [3.05, 3.63) is 45.8 Å². The van der Waals surface area contributed by atoms with Gasteiger partial charge in [0.05, 0.1) is 0 Å². The Labute approximate surface area is 109 Å². The van der Waals surface area contributed by atoms with Gasteiger partial charge in [0, 0.05) is 30.4 Å². The molecule has 0 aromatic carbocycles. The van der Waals surface area contributed by atoms with E-state index in [-0.39, 0.29) is 0 Å². The van der Waals surface area contributed by atoms with Crippen LogP contribution >= 0.6 is 0 Å². The van der Waals surface area contributed by atoms with E-state index < -0.39 is 0 Å².